The van der Waals surface area contributed by atoms with Crippen LogP contribution in [-0.4, -0.2) is 3.81 Å². The van der Waals surface area contributed by atoms with Crippen LogP contribution in [0, 0.1) is 0 Å². The molecule has 0 radical (unpaired) electrons. The summed E-state index contributed by atoms with van der Waals surface area (Å²) in [6, 6.07) is 36.3. The summed E-state index contributed by atoms with van der Waals surface area (Å²) in [6.07, 6.45) is 7.88. The van der Waals surface area contributed by atoms with Gasteiger partial charge in [0.15, 0.2) is 0 Å². The van der Waals surface area contributed by atoms with Crippen molar-refractivity contribution in [3.8, 4) is 11.1 Å². The Hall–Kier alpha value is -3.06. The Labute approximate surface area is 223 Å². The average Bonchev–Trinajstić information content (AvgIpc) is 3.54. The summed E-state index contributed by atoms with van der Waals surface area (Å²) in [5.74, 6) is 0. The summed E-state index contributed by atoms with van der Waals surface area (Å²) >= 11 is -0.567. The minimum atomic E-state index is -0.567. The quantitative estimate of drug-likeness (QED) is 0.246. The van der Waals surface area contributed by atoms with Crippen LogP contribution in [0.5, 0.6) is 0 Å². The van der Waals surface area contributed by atoms with Crippen LogP contribution in [0.3, 0.4) is 0 Å². The van der Waals surface area contributed by atoms with E-state index in [9.17, 15) is 0 Å². The van der Waals surface area contributed by atoms with Crippen LogP contribution in [0.15, 0.2) is 115 Å². The minimum absolute atomic E-state index is 0.102. The number of fused-ring (bicyclic) bond motifs is 3. The van der Waals surface area contributed by atoms with Crippen molar-refractivity contribution in [3.63, 3.8) is 0 Å². The van der Waals surface area contributed by atoms with Crippen molar-refractivity contribution in [2.24, 2.45) is 0 Å². The summed E-state index contributed by atoms with van der Waals surface area (Å²) in [5.41, 5.74) is 13.1. The molecule has 6 rings (SSSR count). The summed E-state index contributed by atoms with van der Waals surface area (Å²) in [7, 11) is 0. The first-order valence-corrected chi connectivity index (χ1v) is 14.6. The summed E-state index contributed by atoms with van der Waals surface area (Å²) in [4.78, 5) is 0. The van der Waals surface area contributed by atoms with E-state index in [1.165, 1.54) is 48.3 Å². The van der Waals surface area contributed by atoms with Crippen LogP contribution >= 0.6 is 0 Å². The van der Waals surface area contributed by atoms with Gasteiger partial charge in [-0.05, 0) is 0 Å². The molecule has 2 aliphatic carbocycles. The van der Waals surface area contributed by atoms with E-state index in [-0.39, 0.29) is 5.41 Å². The zero-order valence-electron chi connectivity index (χ0n) is 21.3. The fraction of sp³-hybridized carbons (Fsp3) is 0.171. The van der Waals surface area contributed by atoms with Gasteiger partial charge in [-0.15, -0.1) is 0 Å². The van der Waals surface area contributed by atoms with E-state index in [1.54, 1.807) is 5.56 Å². The van der Waals surface area contributed by atoms with Gasteiger partial charge < -0.3 is 0 Å². The van der Waals surface area contributed by atoms with Gasteiger partial charge in [0.1, 0.15) is 0 Å². The van der Waals surface area contributed by atoms with Crippen molar-refractivity contribution in [2.45, 2.75) is 36.8 Å². The summed E-state index contributed by atoms with van der Waals surface area (Å²) in [5, 5.41) is 0. The number of rotatable bonds is 4. The van der Waals surface area contributed by atoms with Gasteiger partial charge in [0.25, 0.3) is 0 Å². The van der Waals surface area contributed by atoms with Crippen molar-refractivity contribution < 1.29 is 18.7 Å². The SMILES string of the molecule is CC(C)(C)c1cc(C2=CC=CC2)c2c(c1)-c1ccccc1[CH]2[Ti]=[C](c1ccccc1)c1ccccc1. The van der Waals surface area contributed by atoms with Crippen molar-refractivity contribution >= 4 is 9.38 Å². The molecule has 1 unspecified atom stereocenters. The van der Waals surface area contributed by atoms with E-state index in [0.29, 0.717) is 4.22 Å². The molecule has 4 aromatic rings. The fourth-order valence-corrected chi connectivity index (χ4v) is 8.36. The molecule has 0 amide bonds. The third-order valence-corrected chi connectivity index (χ3v) is 10.2. The molecule has 0 nitrogen and oxygen atoms in total. The van der Waals surface area contributed by atoms with Crippen molar-refractivity contribution in [1.82, 2.24) is 0 Å². The molecule has 0 saturated carbocycles. The second-order valence-electron chi connectivity index (χ2n) is 10.8. The van der Waals surface area contributed by atoms with E-state index in [2.05, 4.69) is 136 Å². The number of hydrogen-bond acceptors (Lipinski definition) is 0. The van der Waals surface area contributed by atoms with E-state index in [4.69, 9.17) is 0 Å². The van der Waals surface area contributed by atoms with Gasteiger partial charge >= 0.3 is 225 Å². The van der Waals surface area contributed by atoms with E-state index < -0.39 is 18.7 Å². The number of hydrogen-bond donors (Lipinski definition) is 0. The average molecular weight is 500 g/mol. The predicted molar refractivity (Wildman–Crippen MR) is 150 cm³/mol. The summed E-state index contributed by atoms with van der Waals surface area (Å²) < 4.78 is 1.98. The monoisotopic (exact) mass is 499 g/mol. The van der Waals surface area contributed by atoms with Crippen molar-refractivity contribution in [2.75, 3.05) is 0 Å². The Bertz CT molecular complexity index is 1470. The topological polar surface area (TPSA) is 0 Å². The normalized spacial score (nSPS) is 15.8. The zero-order valence-corrected chi connectivity index (χ0v) is 22.8. The van der Waals surface area contributed by atoms with Crippen LogP contribution in [0.25, 0.3) is 16.7 Å². The Balaban J connectivity index is 1.64. The molecule has 4 aromatic carbocycles. The predicted octanol–water partition coefficient (Wildman–Crippen LogP) is 8.75. The molecule has 0 bridgehead atoms. The molecule has 0 spiro atoms. The molecule has 0 aromatic heterocycles. The molecule has 36 heavy (non-hydrogen) atoms. The Morgan fingerprint density at radius 2 is 1.33 bits per heavy atom. The van der Waals surface area contributed by atoms with E-state index >= 15 is 0 Å². The van der Waals surface area contributed by atoms with Gasteiger partial charge in [0.2, 0.25) is 0 Å². The van der Waals surface area contributed by atoms with Crippen molar-refractivity contribution in [1.29, 1.82) is 0 Å². The molecule has 0 aliphatic heterocycles. The van der Waals surface area contributed by atoms with Gasteiger partial charge in [0, 0.05) is 0 Å². The van der Waals surface area contributed by atoms with Crippen LogP contribution in [0.4, 0.5) is 0 Å². The molecule has 0 N–H and O–H groups in total. The van der Waals surface area contributed by atoms with Gasteiger partial charge in [-0.25, -0.2) is 0 Å². The standard InChI is InChI=1S/C22H21.C13H10.Ti/c1-22(2,3)17-13-19(15-8-4-5-9-15)20-12-16-10-6-7-11-18(16)21(20)14-17;1-3-7-12(8-4-1)11-13-9-5-2-6-10-13;/h4-8,10-14H,9H2,1-3H3;1-10H;. The van der Waals surface area contributed by atoms with Crippen LogP contribution < -0.4 is 0 Å². The Morgan fingerprint density at radius 3 is 1.94 bits per heavy atom. The van der Waals surface area contributed by atoms with Crippen LogP contribution in [0.1, 0.15) is 64.8 Å². The molecular weight excluding hydrogens is 468 g/mol. The molecular formula is C35H31Ti. The second kappa shape index (κ2) is 9.43. The molecule has 1 atom stereocenters. The van der Waals surface area contributed by atoms with Gasteiger partial charge in [-0.1, -0.05) is 0 Å². The first-order chi connectivity index (χ1) is 17.5. The first-order valence-electron chi connectivity index (χ1n) is 12.9. The summed E-state index contributed by atoms with van der Waals surface area (Å²) in [6.45, 7) is 7.01. The van der Waals surface area contributed by atoms with E-state index in [0.717, 1.165) is 6.42 Å². The maximum absolute atomic E-state index is 2.51. The molecule has 175 valence electrons. The van der Waals surface area contributed by atoms with Crippen LogP contribution in [0.2, 0.25) is 0 Å². The molecule has 2 aliphatic rings. The van der Waals surface area contributed by atoms with Gasteiger partial charge in [0.05, 0.1) is 0 Å². The van der Waals surface area contributed by atoms with E-state index in [1.807, 2.05) is 0 Å². The second-order valence-corrected chi connectivity index (χ2v) is 13.0. The molecule has 0 heterocycles. The van der Waals surface area contributed by atoms with Crippen molar-refractivity contribution in [3.05, 3.63) is 149 Å². The molecule has 0 fully saturated rings. The van der Waals surface area contributed by atoms with Gasteiger partial charge in [-0.2, -0.15) is 0 Å². The fourth-order valence-electron chi connectivity index (χ4n) is 5.52. The number of benzene rings is 4. The molecule has 0 saturated heterocycles. The third kappa shape index (κ3) is 4.23. The first kappa shape index (κ1) is 23.3. The Kier molecular flexibility index (Phi) is 6.12. The maximum atomic E-state index is 2.51. The molecule has 1 heteroatoms. The Morgan fingerprint density at radius 1 is 0.722 bits per heavy atom. The zero-order chi connectivity index (χ0) is 24.7. The third-order valence-electron chi connectivity index (χ3n) is 7.43. The number of allylic oxidation sites excluding steroid dienone is 4. The van der Waals surface area contributed by atoms with Crippen LogP contribution in [-0.2, 0) is 24.1 Å². The van der Waals surface area contributed by atoms with Gasteiger partial charge in [-0.3, -0.25) is 0 Å².